The number of fused-ring (bicyclic) bond motifs is 3. The van der Waals surface area contributed by atoms with Gasteiger partial charge in [0.15, 0.2) is 0 Å². The number of carbonyl (C=O) groups is 1. The summed E-state index contributed by atoms with van der Waals surface area (Å²) in [5, 5.41) is 0. The molecule has 0 aromatic rings. The number of carbonyl (C=O) groups excluding carboxylic acids is 1. The molecule has 0 amide bonds. The van der Waals surface area contributed by atoms with Crippen molar-refractivity contribution in [3.8, 4) is 0 Å². The second kappa shape index (κ2) is 5.06. The Kier molecular flexibility index (Phi) is 3.79. The molecule has 0 bridgehead atoms. The van der Waals surface area contributed by atoms with Gasteiger partial charge < -0.3 is 9.53 Å². The van der Waals surface area contributed by atoms with Crippen LogP contribution in [-0.2, 0) is 9.53 Å². The Bertz CT molecular complexity index is 457. The first kappa shape index (κ1) is 16.5. The fourth-order valence-corrected chi connectivity index (χ4v) is 6.75. The highest BCUT2D eigenvalue weighted by Gasteiger charge is 2.61. The zero-order valence-electron chi connectivity index (χ0n) is 15.2. The monoisotopic (exact) mass is 306 g/mol. The summed E-state index contributed by atoms with van der Waals surface area (Å²) in [6.45, 7) is 12.0. The van der Waals surface area contributed by atoms with Crippen molar-refractivity contribution in [3.63, 3.8) is 0 Å². The molecule has 0 aromatic heterocycles. The van der Waals surface area contributed by atoms with Crippen molar-refractivity contribution in [2.45, 2.75) is 97.2 Å². The van der Waals surface area contributed by atoms with Gasteiger partial charge in [0.25, 0.3) is 0 Å². The fourth-order valence-electron chi connectivity index (χ4n) is 6.75. The number of ether oxygens (including phenoxy) is 1. The summed E-state index contributed by atoms with van der Waals surface area (Å²) in [6, 6.07) is 0. The third-order valence-corrected chi connectivity index (χ3v) is 7.70. The normalized spacial score (nSPS) is 50.8. The van der Waals surface area contributed by atoms with Crippen LogP contribution in [0.15, 0.2) is 0 Å². The Hall–Kier alpha value is -0.370. The Balaban J connectivity index is 1.90. The zero-order chi connectivity index (χ0) is 16.2. The average Bonchev–Trinajstić information content (AvgIpc) is 2.36. The van der Waals surface area contributed by atoms with Crippen molar-refractivity contribution >= 4 is 6.29 Å². The van der Waals surface area contributed by atoms with Crippen LogP contribution in [-0.4, -0.2) is 17.5 Å². The van der Waals surface area contributed by atoms with E-state index in [-0.39, 0.29) is 11.2 Å². The molecule has 2 saturated carbocycles. The second-order valence-electron chi connectivity index (χ2n) is 9.77. The molecule has 2 nitrogen and oxygen atoms in total. The number of hydrogen-bond acceptors (Lipinski definition) is 2. The van der Waals surface area contributed by atoms with Gasteiger partial charge in [0.1, 0.15) is 6.29 Å². The minimum absolute atomic E-state index is 0.0331. The van der Waals surface area contributed by atoms with Crippen LogP contribution >= 0.6 is 0 Å². The largest absolute Gasteiger partial charge is 0.368 e. The third-order valence-electron chi connectivity index (χ3n) is 7.70. The highest BCUT2D eigenvalue weighted by atomic mass is 16.5. The molecule has 1 aliphatic heterocycles. The Labute approximate surface area is 136 Å². The van der Waals surface area contributed by atoms with E-state index in [1.807, 2.05) is 0 Å². The highest BCUT2D eigenvalue weighted by Crippen LogP contribution is 2.65. The van der Waals surface area contributed by atoms with Crippen LogP contribution in [0.4, 0.5) is 0 Å². The van der Waals surface area contributed by atoms with Crippen LogP contribution in [0.1, 0.15) is 86.0 Å². The third kappa shape index (κ3) is 2.37. The molecular weight excluding hydrogens is 272 g/mol. The lowest BCUT2D eigenvalue weighted by Gasteiger charge is -2.65. The van der Waals surface area contributed by atoms with E-state index < -0.39 is 0 Å². The molecule has 0 aromatic carbocycles. The minimum Gasteiger partial charge on any atom is -0.368 e. The van der Waals surface area contributed by atoms with Gasteiger partial charge in [-0.15, -0.1) is 0 Å². The van der Waals surface area contributed by atoms with Gasteiger partial charge >= 0.3 is 0 Å². The lowest BCUT2D eigenvalue weighted by molar-refractivity contribution is -0.264. The van der Waals surface area contributed by atoms with Crippen LogP contribution in [0, 0.1) is 22.7 Å². The first-order chi connectivity index (χ1) is 10.2. The van der Waals surface area contributed by atoms with Gasteiger partial charge in [-0.1, -0.05) is 27.2 Å². The molecule has 0 radical (unpaired) electrons. The van der Waals surface area contributed by atoms with Crippen molar-refractivity contribution in [2.75, 3.05) is 0 Å². The molecule has 3 rings (SSSR count). The van der Waals surface area contributed by atoms with Crippen LogP contribution < -0.4 is 0 Å². The number of rotatable bonds is 2. The summed E-state index contributed by atoms with van der Waals surface area (Å²) in [6.07, 6.45) is 10.4. The molecular formula is C20H34O2. The van der Waals surface area contributed by atoms with E-state index in [0.29, 0.717) is 23.2 Å². The van der Waals surface area contributed by atoms with E-state index in [4.69, 9.17) is 4.74 Å². The Morgan fingerprint density at radius 2 is 1.64 bits per heavy atom. The first-order valence-corrected chi connectivity index (χ1v) is 9.29. The predicted octanol–water partition coefficient (Wildman–Crippen LogP) is 5.15. The molecule has 0 N–H and O–H groups in total. The zero-order valence-corrected chi connectivity index (χ0v) is 15.2. The van der Waals surface area contributed by atoms with Gasteiger partial charge in [-0.2, -0.15) is 0 Å². The molecule has 3 aliphatic rings. The van der Waals surface area contributed by atoms with Gasteiger partial charge in [0, 0.05) is 6.42 Å². The minimum atomic E-state index is -0.236. The van der Waals surface area contributed by atoms with Crippen molar-refractivity contribution in [2.24, 2.45) is 22.7 Å². The Morgan fingerprint density at radius 3 is 2.32 bits per heavy atom. The van der Waals surface area contributed by atoms with Crippen molar-refractivity contribution < 1.29 is 9.53 Å². The summed E-state index contributed by atoms with van der Waals surface area (Å²) < 4.78 is 6.66. The van der Waals surface area contributed by atoms with Gasteiger partial charge in [-0.25, -0.2) is 0 Å². The van der Waals surface area contributed by atoms with Crippen LogP contribution in [0.5, 0.6) is 0 Å². The number of aldehydes is 1. The van der Waals surface area contributed by atoms with Gasteiger partial charge in [-0.3, -0.25) is 0 Å². The van der Waals surface area contributed by atoms with Crippen LogP contribution in [0.3, 0.4) is 0 Å². The van der Waals surface area contributed by atoms with Gasteiger partial charge in [0.05, 0.1) is 11.2 Å². The molecule has 0 spiro atoms. The summed E-state index contributed by atoms with van der Waals surface area (Å²) in [7, 11) is 0. The smallest absolute Gasteiger partial charge is 0.122 e. The summed E-state index contributed by atoms with van der Waals surface area (Å²) in [4.78, 5) is 11.0. The molecule has 126 valence electrons. The molecule has 5 atom stereocenters. The lowest BCUT2D eigenvalue weighted by Crippen LogP contribution is -2.62. The molecule has 1 saturated heterocycles. The van der Waals surface area contributed by atoms with Crippen molar-refractivity contribution in [3.05, 3.63) is 0 Å². The molecule has 1 heterocycles. The quantitative estimate of drug-likeness (QED) is 0.660. The van der Waals surface area contributed by atoms with Crippen molar-refractivity contribution in [1.82, 2.24) is 0 Å². The van der Waals surface area contributed by atoms with Crippen molar-refractivity contribution in [1.29, 1.82) is 0 Å². The standard InChI is InChI=1S/C20H34O2/c1-17(2)9-6-10-19(4)15(17)8-12-20(5)16(19)7-11-18(3,22-20)13-14-21/h14-16H,6-13H2,1-5H3. The Morgan fingerprint density at radius 1 is 0.955 bits per heavy atom. The molecule has 2 aliphatic carbocycles. The van der Waals surface area contributed by atoms with E-state index >= 15 is 0 Å². The second-order valence-corrected chi connectivity index (χ2v) is 9.77. The summed E-state index contributed by atoms with van der Waals surface area (Å²) >= 11 is 0. The van der Waals surface area contributed by atoms with Gasteiger partial charge in [0.2, 0.25) is 0 Å². The average molecular weight is 306 g/mol. The van der Waals surface area contributed by atoms with Gasteiger partial charge in [-0.05, 0) is 75.0 Å². The molecule has 22 heavy (non-hydrogen) atoms. The van der Waals surface area contributed by atoms with E-state index in [9.17, 15) is 4.79 Å². The predicted molar refractivity (Wildman–Crippen MR) is 89.8 cm³/mol. The maximum atomic E-state index is 11.0. The maximum absolute atomic E-state index is 11.0. The maximum Gasteiger partial charge on any atom is 0.122 e. The van der Waals surface area contributed by atoms with E-state index in [1.165, 1.54) is 32.1 Å². The molecule has 3 fully saturated rings. The summed E-state index contributed by atoms with van der Waals surface area (Å²) in [5.41, 5.74) is 0.615. The van der Waals surface area contributed by atoms with Crippen LogP contribution in [0.2, 0.25) is 0 Å². The lowest BCUT2D eigenvalue weighted by atomic mass is 9.44. The highest BCUT2D eigenvalue weighted by molar-refractivity contribution is 5.51. The van der Waals surface area contributed by atoms with Crippen LogP contribution in [0.25, 0.3) is 0 Å². The van der Waals surface area contributed by atoms with E-state index in [2.05, 4.69) is 34.6 Å². The molecule has 2 heteroatoms. The fraction of sp³-hybridized carbons (Fsp3) is 0.950. The first-order valence-electron chi connectivity index (χ1n) is 9.29. The number of hydrogen-bond donors (Lipinski definition) is 0. The summed E-state index contributed by atoms with van der Waals surface area (Å²) in [5.74, 6) is 1.48. The molecule has 5 unspecified atom stereocenters. The van der Waals surface area contributed by atoms with E-state index in [1.54, 1.807) is 0 Å². The topological polar surface area (TPSA) is 26.3 Å². The SMILES string of the molecule is CC1(CC=O)CCC2C(C)(CCC3C(C)(C)CCCC32C)O1. The van der Waals surface area contributed by atoms with E-state index in [0.717, 1.165) is 25.0 Å².